The van der Waals surface area contributed by atoms with Crippen molar-refractivity contribution in [3.63, 3.8) is 0 Å². The molecule has 43 heteroatoms. The smallest absolute Gasteiger partial charge is 0.482 e. The third kappa shape index (κ3) is 101. The average Bonchev–Trinajstić information content (AvgIpc) is 1.73. The van der Waals surface area contributed by atoms with Crippen LogP contribution < -0.4 is 85.3 Å². The number of hydrazine groups is 1. The zero-order chi connectivity index (χ0) is 98.1. The van der Waals surface area contributed by atoms with Crippen molar-refractivity contribution < 1.29 is 94.1 Å². The molecule has 25 heterocycles. The van der Waals surface area contributed by atoms with Gasteiger partial charge in [-0.2, -0.15) is 11.8 Å². The number of ether oxygens (including phenoxy) is 11. The monoisotopic (exact) mass is 2040 g/mol. The highest BCUT2D eigenvalue weighted by molar-refractivity contribution is 8.14. The maximum atomic E-state index is 10.4. The summed E-state index contributed by atoms with van der Waals surface area (Å²) in [7, 11) is -2.55. The molecule has 5 amide bonds. The van der Waals surface area contributed by atoms with E-state index in [4.69, 9.17) is 18.9 Å². The summed E-state index contributed by atoms with van der Waals surface area (Å²) in [5.74, 6) is 7.36. The summed E-state index contributed by atoms with van der Waals surface area (Å²) in [4.78, 5) is 77.8. The van der Waals surface area contributed by atoms with E-state index < -0.39 is 16.0 Å². The maximum absolute atomic E-state index is 10.4. The van der Waals surface area contributed by atoms with Gasteiger partial charge in [0.1, 0.15) is 36.3 Å². The second-order valence-electron chi connectivity index (χ2n) is 32.5. The van der Waals surface area contributed by atoms with Crippen molar-refractivity contribution in [3.05, 3.63) is 47.6 Å². The molecular formula is C94H178N18O20S5. The van der Waals surface area contributed by atoms with Gasteiger partial charge in [-0.3, -0.25) is 35.2 Å². The first-order valence-electron chi connectivity index (χ1n) is 50.7. The molecule has 0 spiro atoms. The number of nitrogens with zero attached hydrogens (tertiary/aromatic N) is 2. The van der Waals surface area contributed by atoms with Crippen LogP contribution in [-0.4, -0.2) is 352 Å². The van der Waals surface area contributed by atoms with Gasteiger partial charge in [0.2, 0.25) is 5.91 Å². The fraction of sp³-hybridized carbons (Fsp3) is 0.819. The van der Waals surface area contributed by atoms with E-state index in [0.29, 0.717) is 74.8 Å². The van der Waals surface area contributed by atoms with Gasteiger partial charge < -0.3 is 127 Å². The molecule has 0 aliphatic carbocycles. The Morgan fingerprint density at radius 1 is 0.358 bits per heavy atom. The molecule has 0 aromatic carbocycles. The maximum Gasteiger partial charge on any atom is 0.508 e. The molecule has 2 bridgehead atoms. The molecule has 25 rings (SSSR count). The summed E-state index contributed by atoms with van der Waals surface area (Å²) in [5, 5.41) is 45.3. The van der Waals surface area contributed by atoms with E-state index in [-0.39, 0.29) is 30.1 Å². The minimum absolute atomic E-state index is 0.0463. The number of esters is 1. The number of epoxide rings is 1. The molecule has 0 atom stereocenters. The molecule has 0 aromatic heterocycles. The van der Waals surface area contributed by atoms with Crippen LogP contribution in [0.15, 0.2) is 57.6 Å². The molecule has 0 saturated carbocycles. The lowest BCUT2D eigenvalue weighted by Crippen LogP contribution is -2.31. The average molecular weight is 2040 g/mol. The Bertz CT molecular complexity index is 2580. The van der Waals surface area contributed by atoms with E-state index in [1.54, 1.807) is 18.1 Å². The Morgan fingerprint density at radius 2 is 0.920 bits per heavy atom. The Hall–Kier alpha value is -5.98. The number of rotatable bonds is 0. The van der Waals surface area contributed by atoms with Crippen LogP contribution in [0.5, 0.6) is 0 Å². The number of fused-ring (bicyclic) bond motifs is 2. The summed E-state index contributed by atoms with van der Waals surface area (Å²) >= 11 is 7.19. The van der Waals surface area contributed by atoms with E-state index in [1.807, 2.05) is 41.2 Å². The van der Waals surface area contributed by atoms with Gasteiger partial charge in [-0.15, -0.1) is 23.5 Å². The minimum atomic E-state index is -2.55. The number of allylic oxidation sites excluding steroid dienone is 1. The fourth-order valence-electron chi connectivity index (χ4n) is 12.6. The number of cyclic esters (lactones) is 5. The molecule has 20 fully saturated rings. The molecule has 25 aliphatic rings. The number of morpholine rings is 1. The first-order chi connectivity index (χ1) is 67.4. The largest absolute Gasteiger partial charge is 0.508 e. The Balaban J connectivity index is 0.000000484. The zero-order valence-corrected chi connectivity index (χ0v) is 86.6. The van der Waals surface area contributed by atoms with Crippen LogP contribution in [0.2, 0.25) is 0 Å². The zero-order valence-electron chi connectivity index (χ0n) is 82.6. The third-order valence-corrected chi connectivity index (χ3v) is 25.7. The van der Waals surface area contributed by atoms with Crippen molar-refractivity contribution >= 4 is 111 Å². The fourth-order valence-corrected chi connectivity index (χ4v) is 17.1. The van der Waals surface area contributed by atoms with Crippen molar-refractivity contribution in [2.75, 3.05) is 277 Å². The lowest BCUT2D eigenvalue weighted by molar-refractivity contribution is -0.138. The van der Waals surface area contributed by atoms with E-state index in [9.17, 15) is 42.0 Å². The highest BCUT2D eigenvalue weighted by atomic mass is 32.2. The first kappa shape index (κ1) is 127. The molecule has 0 unspecified atom stereocenters. The van der Waals surface area contributed by atoms with Gasteiger partial charge in [0.25, 0.3) is 0 Å². The molecule has 0 radical (unpaired) electrons. The lowest BCUT2D eigenvalue weighted by Gasteiger charge is -2.10. The van der Waals surface area contributed by atoms with E-state index >= 15 is 0 Å². The number of nitrogens with one attached hydrogen (secondary N) is 16. The quantitative estimate of drug-likeness (QED) is 0.0465. The van der Waals surface area contributed by atoms with Crippen molar-refractivity contribution in [1.29, 1.82) is 0 Å². The van der Waals surface area contributed by atoms with Gasteiger partial charge in [-0.25, -0.2) is 27.6 Å². The Morgan fingerprint density at radius 3 is 1.09 bits per heavy atom. The van der Waals surface area contributed by atoms with Gasteiger partial charge >= 0.3 is 30.3 Å². The normalized spacial score (nSPS) is 23.4. The summed E-state index contributed by atoms with van der Waals surface area (Å²) in [5.41, 5.74) is 5.94. The molecule has 137 heavy (non-hydrogen) atoms. The predicted octanol–water partition coefficient (Wildman–Crippen LogP) is 9.20. The van der Waals surface area contributed by atoms with Crippen LogP contribution in [0.4, 0.5) is 19.2 Å². The second kappa shape index (κ2) is 103. The number of hydrogen-bond donors (Lipinski definition) is 16. The Kier molecular flexibility index (Phi) is 95.5. The number of aliphatic imine (C=N–C) groups is 2. The number of sulfone groups is 1. The molecular weight excluding hydrogens is 1860 g/mol. The van der Waals surface area contributed by atoms with Crippen LogP contribution in [0.3, 0.4) is 0 Å². The number of urea groups is 1. The predicted molar refractivity (Wildman–Crippen MR) is 556 cm³/mol. The molecule has 38 nitrogen and oxygen atoms in total. The van der Waals surface area contributed by atoms with Crippen LogP contribution in [0, 0.1) is 0 Å². The number of amides is 5. The first-order valence-corrected chi connectivity index (χ1v) is 56.8. The van der Waals surface area contributed by atoms with Crippen LogP contribution in [0.1, 0.15) is 205 Å². The number of alkyl carbamates (subject to hydrolysis) is 2. The van der Waals surface area contributed by atoms with E-state index in [1.165, 1.54) is 235 Å². The van der Waals surface area contributed by atoms with E-state index in [0.717, 1.165) is 208 Å². The highest BCUT2D eigenvalue weighted by Crippen LogP contribution is 2.33. The van der Waals surface area contributed by atoms with Gasteiger partial charge in [0.15, 0.2) is 11.5 Å². The number of hydrogen-bond acceptors (Lipinski definition) is 37. The third-order valence-electron chi connectivity index (χ3n) is 20.2. The van der Waals surface area contributed by atoms with Crippen LogP contribution in [0.25, 0.3) is 0 Å². The second-order valence-corrected chi connectivity index (χ2v) is 39.1. The van der Waals surface area contributed by atoms with Crippen molar-refractivity contribution in [1.82, 2.24) is 85.3 Å². The van der Waals surface area contributed by atoms with Crippen molar-refractivity contribution in [2.24, 2.45) is 9.98 Å². The number of carbonyl (C=O) groups is 7. The van der Waals surface area contributed by atoms with Gasteiger partial charge in [-0.05, 0) is 235 Å². The van der Waals surface area contributed by atoms with Gasteiger partial charge in [0.05, 0.1) is 89.3 Å². The molecule has 16 N–H and O–H groups in total. The van der Waals surface area contributed by atoms with E-state index in [2.05, 4.69) is 158 Å². The molecule has 25 aliphatic heterocycles. The van der Waals surface area contributed by atoms with Crippen LogP contribution >= 0.6 is 47.0 Å². The van der Waals surface area contributed by atoms with Gasteiger partial charge in [0, 0.05) is 161 Å². The number of thioether (sulfide) groups is 4. The molecule has 794 valence electrons. The standard InChI is InChI=1S/C6H10O.2C5H11N.C5H9N.C5H10O.C5H10S.C4H7NO2.C4H9NO.C4H7NO.C4H5NS.C4H9N.C4H7N.C4H8O2S.C4H6O2.C4H6OS.C4H8O.C3H6N2O.C3H6N2.C3H8N2.C3H5NO2.C3H5NO.C3H7NS.C3H4O3.C2H4O/c1-2-6-4-3-5(1)7-6;5*1-2-4-6-5-3-1;6-4-5-2-1-3-7-4;1-3-6-4-2-5-1;6-4-2-1-3-5-4;1-3-6-4-2-5-1;2*1-2-4-5-3-1;5-7(6)3-1-2-4-7;2*5-4-2-1-3-6-4;1-2-4-5-3-1;6-3-4-1-2-5-3;1-2-5-3-4-1;1-2-4-5-3-1;5-3-4-1-2-6-3;2*1-2-5-3-4-1;4-3-5-1-2-6-3;1-2-3-1/h5-6H,1-4H2;2*6H,1-5H2;2,4,6H,1,3,5H2;2*1-5H2;1-3H2,(H,5,6);5H,1-4H2;1-3H2,(H,5,6);1-5H;5H,1-4H2;1-2,5H,3-4H2;1-4H2;2*1-3H2;1-4H2;1-2H2,(H2,4,5,6);3H,1-2H2,(H,4,5);4-5H,1-3H2;1-2H2,(H,4,5);3H,1-2H2;4H,1-3H2;1-2H2;1-2H2. The number of carbonyl (C=O) groups excluding carboxylic acids is 7. The Labute approximate surface area is 837 Å². The SMILES string of the molecule is C1=CCNC1.C1=CNCCC1.C1=CSC=CN1.C1=NCCN1.C1=NCCO1.C1CC2CCC1O2.C1CCNC1.C1CCNCC1.C1CCNCC1.C1CCOC1.C1CCOCC1.C1CCSCC1.C1CNNC1.C1CO1.C1COCCN1.C1CSCN1.O=C1CCCN1.O=C1CCCO1.O=C1CCCS1.O=C1NCCCO1.O=C1NCCN1.O=C1NCCO1.O=C1OCCO1.O=S1(=O)CCCC1. The summed E-state index contributed by atoms with van der Waals surface area (Å²) in [6.45, 7) is 34.2. The van der Waals surface area contributed by atoms with Crippen LogP contribution in [-0.2, 0) is 76.3 Å². The summed E-state index contributed by atoms with van der Waals surface area (Å²) < 4.78 is 72.5. The topological polar surface area (TPSA) is 476 Å². The minimum Gasteiger partial charge on any atom is -0.482 e. The van der Waals surface area contributed by atoms with Gasteiger partial charge in [-0.1, -0.05) is 49.3 Å². The summed E-state index contributed by atoms with van der Waals surface area (Å²) in [6, 6.07) is -0.0463. The van der Waals surface area contributed by atoms with Crippen molar-refractivity contribution in [3.8, 4) is 0 Å². The molecule has 0 aromatic rings. The highest BCUT2D eigenvalue weighted by Gasteiger charge is 2.31. The molecule has 20 saturated heterocycles. The number of piperidine rings is 2. The van der Waals surface area contributed by atoms with Crippen molar-refractivity contribution in [2.45, 2.75) is 218 Å². The summed E-state index contributed by atoms with van der Waals surface area (Å²) in [6.07, 6.45) is 54.8. The lowest BCUT2D eigenvalue weighted by atomic mass is 10.0.